The molecule has 0 heterocycles. The van der Waals surface area contributed by atoms with Gasteiger partial charge in [0.05, 0.1) is 6.61 Å². The standard InChI is InChI=1S/C22H40O2/c1-3-5-7-9-11-13-15-17-19-21-24-22(23)20-18-16-14-12-10-8-6-4-2/h3-5H,2,6-21H2,1H3/b5-3+. The molecule has 0 fully saturated rings. The minimum Gasteiger partial charge on any atom is -0.466 e. The number of hydrogen-bond donors (Lipinski definition) is 0. The fourth-order valence-corrected chi connectivity index (χ4v) is 2.76. The molecular weight excluding hydrogens is 296 g/mol. The summed E-state index contributed by atoms with van der Waals surface area (Å²) in [7, 11) is 0. The number of carbonyl (C=O) groups excluding carboxylic acids is 1. The Morgan fingerprint density at radius 1 is 0.792 bits per heavy atom. The number of allylic oxidation sites excluding steroid dienone is 3. The molecule has 0 aromatic rings. The number of unbranched alkanes of at least 4 members (excludes halogenated alkanes) is 12. The number of hydrogen-bond acceptors (Lipinski definition) is 2. The first kappa shape index (κ1) is 22.9. The Kier molecular flexibility index (Phi) is 19.1. The molecule has 2 heteroatoms. The van der Waals surface area contributed by atoms with E-state index in [1.165, 1.54) is 64.2 Å². The van der Waals surface area contributed by atoms with Crippen molar-refractivity contribution in [1.29, 1.82) is 0 Å². The van der Waals surface area contributed by atoms with Crippen molar-refractivity contribution < 1.29 is 9.53 Å². The molecule has 0 rings (SSSR count). The Morgan fingerprint density at radius 3 is 1.96 bits per heavy atom. The highest BCUT2D eigenvalue weighted by Gasteiger charge is 2.02. The molecule has 0 aromatic carbocycles. The van der Waals surface area contributed by atoms with Crippen molar-refractivity contribution in [3.8, 4) is 0 Å². The maximum Gasteiger partial charge on any atom is 0.305 e. The van der Waals surface area contributed by atoms with Crippen molar-refractivity contribution in [3.63, 3.8) is 0 Å². The van der Waals surface area contributed by atoms with Gasteiger partial charge in [-0.2, -0.15) is 0 Å². The summed E-state index contributed by atoms with van der Waals surface area (Å²) in [6, 6.07) is 0. The van der Waals surface area contributed by atoms with Crippen molar-refractivity contribution >= 4 is 5.97 Å². The van der Waals surface area contributed by atoms with Crippen LogP contribution in [0, 0.1) is 0 Å². The molecule has 0 saturated heterocycles. The first-order valence-electron chi connectivity index (χ1n) is 10.2. The summed E-state index contributed by atoms with van der Waals surface area (Å²) in [5, 5.41) is 0. The molecule has 0 bridgehead atoms. The van der Waals surface area contributed by atoms with E-state index >= 15 is 0 Å². The van der Waals surface area contributed by atoms with Crippen LogP contribution in [0.5, 0.6) is 0 Å². The summed E-state index contributed by atoms with van der Waals surface area (Å²) in [6.07, 6.45) is 23.8. The van der Waals surface area contributed by atoms with Gasteiger partial charge in [0.2, 0.25) is 0 Å². The summed E-state index contributed by atoms with van der Waals surface area (Å²) in [4.78, 5) is 11.6. The Morgan fingerprint density at radius 2 is 1.33 bits per heavy atom. The van der Waals surface area contributed by atoms with Crippen LogP contribution >= 0.6 is 0 Å². The first-order valence-corrected chi connectivity index (χ1v) is 10.2. The Hall–Kier alpha value is -1.05. The van der Waals surface area contributed by atoms with E-state index in [4.69, 9.17) is 4.74 Å². The molecule has 0 spiro atoms. The van der Waals surface area contributed by atoms with Gasteiger partial charge in [-0.1, -0.05) is 69.6 Å². The van der Waals surface area contributed by atoms with Crippen LogP contribution < -0.4 is 0 Å². The topological polar surface area (TPSA) is 26.3 Å². The van der Waals surface area contributed by atoms with Gasteiger partial charge in [0.15, 0.2) is 0 Å². The lowest BCUT2D eigenvalue weighted by atomic mass is 10.1. The van der Waals surface area contributed by atoms with Crippen molar-refractivity contribution in [1.82, 2.24) is 0 Å². The highest BCUT2D eigenvalue weighted by molar-refractivity contribution is 5.69. The van der Waals surface area contributed by atoms with Gasteiger partial charge >= 0.3 is 5.97 Å². The smallest absolute Gasteiger partial charge is 0.305 e. The van der Waals surface area contributed by atoms with Crippen LogP contribution in [0.15, 0.2) is 24.8 Å². The van der Waals surface area contributed by atoms with Crippen molar-refractivity contribution in [3.05, 3.63) is 24.8 Å². The molecule has 0 N–H and O–H groups in total. The number of rotatable bonds is 18. The van der Waals surface area contributed by atoms with Crippen LogP contribution in [-0.2, 0) is 9.53 Å². The van der Waals surface area contributed by atoms with Gasteiger partial charge in [-0.05, 0) is 45.4 Å². The van der Waals surface area contributed by atoms with E-state index in [1.54, 1.807) is 0 Å². The second kappa shape index (κ2) is 20.0. The van der Waals surface area contributed by atoms with Crippen LogP contribution in [-0.4, -0.2) is 12.6 Å². The SMILES string of the molecule is C=CCCCCCCCCC(=O)OCCCCCCCC/C=C/C. The first-order chi connectivity index (χ1) is 11.8. The quantitative estimate of drug-likeness (QED) is 0.151. The number of ether oxygens (including phenoxy) is 1. The van der Waals surface area contributed by atoms with Crippen molar-refractivity contribution in [2.45, 2.75) is 103 Å². The second-order valence-electron chi connectivity index (χ2n) is 6.65. The van der Waals surface area contributed by atoms with Gasteiger partial charge in [0, 0.05) is 6.42 Å². The Balaban J connectivity index is 3.17. The van der Waals surface area contributed by atoms with Crippen molar-refractivity contribution in [2.24, 2.45) is 0 Å². The van der Waals surface area contributed by atoms with E-state index in [9.17, 15) is 4.79 Å². The molecule has 0 saturated carbocycles. The van der Waals surface area contributed by atoms with Crippen LogP contribution in [0.4, 0.5) is 0 Å². The Labute approximate surface area is 150 Å². The van der Waals surface area contributed by atoms with E-state index < -0.39 is 0 Å². The molecule has 0 radical (unpaired) electrons. The molecule has 0 unspecified atom stereocenters. The van der Waals surface area contributed by atoms with Gasteiger partial charge < -0.3 is 4.74 Å². The average Bonchev–Trinajstić information content (AvgIpc) is 2.59. The molecule has 140 valence electrons. The normalized spacial score (nSPS) is 11.0. The molecule has 24 heavy (non-hydrogen) atoms. The molecular formula is C22H40O2. The number of carbonyl (C=O) groups is 1. The minimum absolute atomic E-state index is 0.00647. The summed E-state index contributed by atoms with van der Waals surface area (Å²) in [6.45, 7) is 6.42. The largest absolute Gasteiger partial charge is 0.466 e. The zero-order valence-corrected chi connectivity index (χ0v) is 16.1. The molecule has 0 atom stereocenters. The van der Waals surface area contributed by atoms with E-state index in [0.29, 0.717) is 13.0 Å². The van der Waals surface area contributed by atoms with Crippen LogP contribution in [0.2, 0.25) is 0 Å². The summed E-state index contributed by atoms with van der Waals surface area (Å²) >= 11 is 0. The lowest BCUT2D eigenvalue weighted by molar-refractivity contribution is -0.143. The summed E-state index contributed by atoms with van der Waals surface area (Å²) < 4.78 is 5.30. The second-order valence-corrected chi connectivity index (χ2v) is 6.65. The zero-order chi connectivity index (χ0) is 17.7. The third-order valence-electron chi connectivity index (χ3n) is 4.30. The van der Waals surface area contributed by atoms with Crippen molar-refractivity contribution in [2.75, 3.05) is 6.61 Å². The molecule has 0 aliphatic carbocycles. The lowest BCUT2D eigenvalue weighted by Gasteiger charge is -2.05. The minimum atomic E-state index is -0.00647. The molecule has 0 aliphatic heterocycles. The highest BCUT2D eigenvalue weighted by Crippen LogP contribution is 2.10. The highest BCUT2D eigenvalue weighted by atomic mass is 16.5. The third kappa shape index (κ3) is 19.0. The maximum atomic E-state index is 11.6. The van der Waals surface area contributed by atoms with E-state index in [-0.39, 0.29) is 5.97 Å². The average molecular weight is 337 g/mol. The third-order valence-corrected chi connectivity index (χ3v) is 4.30. The number of esters is 1. The maximum absolute atomic E-state index is 11.6. The van der Waals surface area contributed by atoms with E-state index in [0.717, 1.165) is 25.7 Å². The van der Waals surface area contributed by atoms with Gasteiger partial charge in [0.1, 0.15) is 0 Å². The Bertz CT molecular complexity index is 307. The van der Waals surface area contributed by atoms with E-state index in [1.807, 2.05) is 6.08 Å². The molecule has 0 aliphatic rings. The van der Waals surface area contributed by atoms with Gasteiger partial charge in [-0.15, -0.1) is 6.58 Å². The van der Waals surface area contributed by atoms with Crippen LogP contribution in [0.25, 0.3) is 0 Å². The van der Waals surface area contributed by atoms with E-state index in [2.05, 4.69) is 25.7 Å². The summed E-state index contributed by atoms with van der Waals surface area (Å²) in [5.74, 6) is -0.00647. The predicted octanol–water partition coefficient (Wildman–Crippen LogP) is 7.14. The van der Waals surface area contributed by atoms with Gasteiger partial charge in [-0.25, -0.2) is 0 Å². The van der Waals surface area contributed by atoms with Crippen LogP contribution in [0.3, 0.4) is 0 Å². The van der Waals surface area contributed by atoms with Crippen LogP contribution in [0.1, 0.15) is 103 Å². The molecule has 2 nitrogen and oxygen atoms in total. The summed E-state index contributed by atoms with van der Waals surface area (Å²) in [5.41, 5.74) is 0. The fourth-order valence-electron chi connectivity index (χ4n) is 2.76. The van der Waals surface area contributed by atoms with Gasteiger partial charge in [-0.3, -0.25) is 4.79 Å². The predicted molar refractivity (Wildman–Crippen MR) is 105 cm³/mol. The molecule has 0 aromatic heterocycles. The molecule has 0 amide bonds. The van der Waals surface area contributed by atoms with Gasteiger partial charge in [0.25, 0.3) is 0 Å². The lowest BCUT2D eigenvalue weighted by Crippen LogP contribution is -2.05. The monoisotopic (exact) mass is 336 g/mol. The fraction of sp³-hybridized carbons (Fsp3) is 0.773. The zero-order valence-electron chi connectivity index (χ0n) is 16.1.